The predicted molar refractivity (Wildman–Crippen MR) is 80.8 cm³/mol. The number of aromatic nitrogens is 2. The van der Waals surface area contributed by atoms with Crippen LogP contribution >= 0.6 is 0 Å². The lowest BCUT2D eigenvalue weighted by Crippen LogP contribution is -2.19. The second-order valence-electron chi connectivity index (χ2n) is 4.86. The molecule has 0 radical (unpaired) electrons. The van der Waals surface area contributed by atoms with Crippen molar-refractivity contribution in [3.8, 4) is 0 Å². The molecule has 7 heteroatoms. The summed E-state index contributed by atoms with van der Waals surface area (Å²) in [5.74, 6) is -0.0560. The van der Waals surface area contributed by atoms with Gasteiger partial charge in [-0.3, -0.25) is 9.48 Å². The highest BCUT2D eigenvalue weighted by atomic mass is 16.3. The van der Waals surface area contributed by atoms with Crippen LogP contribution in [0.4, 0.5) is 11.5 Å². The molecular formula is C14H19N5O2. The summed E-state index contributed by atoms with van der Waals surface area (Å²) in [4.78, 5) is 11.5. The maximum absolute atomic E-state index is 11.5. The highest BCUT2D eigenvalue weighted by molar-refractivity contribution is 5.98. The molecule has 1 heterocycles. The Morgan fingerprint density at radius 2 is 2.05 bits per heavy atom. The van der Waals surface area contributed by atoms with Gasteiger partial charge in [-0.25, -0.2) is 0 Å². The number of nitrogens with one attached hydrogen (secondary N) is 1. The van der Waals surface area contributed by atoms with E-state index >= 15 is 0 Å². The molecule has 21 heavy (non-hydrogen) atoms. The van der Waals surface area contributed by atoms with Gasteiger partial charge in [0.05, 0.1) is 11.8 Å². The van der Waals surface area contributed by atoms with Crippen LogP contribution in [0.1, 0.15) is 27.7 Å². The fourth-order valence-corrected chi connectivity index (χ4v) is 2.19. The Balaban J connectivity index is 2.13. The van der Waals surface area contributed by atoms with Crippen LogP contribution in [0.3, 0.4) is 0 Å². The molecule has 0 spiro atoms. The van der Waals surface area contributed by atoms with Crippen LogP contribution in [0.2, 0.25) is 0 Å². The number of carbonyl (C=O) groups is 1. The summed E-state index contributed by atoms with van der Waals surface area (Å²) in [6, 6.07) is 6.96. The Labute approximate surface area is 122 Å². The second-order valence-corrected chi connectivity index (χ2v) is 4.86. The fourth-order valence-electron chi connectivity index (χ4n) is 2.19. The zero-order valence-corrected chi connectivity index (χ0v) is 12.0. The standard InChI is InChI=1S/C14H19N5O2/c1-8-12(13(16)21)14(19(2)18-8)17-7-11(20)9-3-5-10(15)6-4-9/h3-6,11,17,20H,7,15H2,1-2H3,(H2,16,21). The fraction of sp³-hybridized carbons (Fsp3) is 0.286. The normalized spacial score (nSPS) is 12.1. The molecule has 0 saturated carbocycles. The summed E-state index contributed by atoms with van der Waals surface area (Å²) in [6.45, 7) is 1.94. The van der Waals surface area contributed by atoms with Gasteiger partial charge in [0.2, 0.25) is 0 Å². The van der Waals surface area contributed by atoms with Gasteiger partial charge < -0.3 is 21.9 Å². The summed E-state index contributed by atoms with van der Waals surface area (Å²) in [6.07, 6.45) is -0.735. The Hall–Kier alpha value is -2.54. The van der Waals surface area contributed by atoms with Crippen molar-refractivity contribution < 1.29 is 9.90 Å². The van der Waals surface area contributed by atoms with Gasteiger partial charge in [-0.2, -0.15) is 5.10 Å². The van der Waals surface area contributed by atoms with Crippen LogP contribution < -0.4 is 16.8 Å². The maximum atomic E-state index is 11.5. The van der Waals surface area contributed by atoms with Gasteiger partial charge in [0.1, 0.15) is 11.4 Å². The number of anilines is 2. The van der Waals surface area contributed by atoms with Crippen LogP contribution in [-0.4, -0.2) is 27.3 Å². The second kappa shape index (κ2) is 5.84. The van der Waals surface area contributed by atoms with E-state index in [0.29, 0.717) is 22.8 Å². The van der Waals surface area contributed by atoms with Crippen molar-refractivity contribution in [3.05, 3.63) is 41.1 Å². The molecule has 6 N–H and O–H groups in total. The number of amides is 1. The summed E-state index contributed by atoms with van der Waals surface area (Å²) in [5.41, 5.74) is 13.2. The van der Waals surface area contributed by atoms with E-state index in [9.17, 15) is 9.90 Å². The number of hydrogen-bond acceptors (Lipinski definition) is 5. The molecule has 2 rings (SSSR count). The van der Waals surface area contributed by atoms with E-state index in [4.69, 9.17) is 11.5 Å². The van der Waals surface area contributed by atoms with Gasteiger partial charge in [0.15, 0.2) is 0 Å². The monoisotopic (exact) mass is 289 g/mol. The number of primary amides is 1. The Kier molecular flexibility index (Phi) is 4.13. The van der Waals surface area contributed by atoms with E-state index < -0.39 is 12.0 Å². The molecule has 7 nitrogen and oxygen atoms in total. The number of aliphatic hydroxyl groups excluding tert-OH is 1. The van der Waals surface area contributed by atoms with Crippen LogP contribution in [0.15, 0.2) is 24.3 Å². The maximum Gasteiger partial charge on any atom is 0.254 e. The molecule has 0 saturated heterocycles. The number of hydrogen-bond donors (Lipinski definition) is 4. The zero-order chi connectivity index (χ0) is 15.6. The summed E-state index contributed by atoms with van der Waals surface area (Å²) in [5, 5.41) is 17.3. The Morgan fingerprint density at radius 3 is 2.62 bits per heavy atom. The minimum atomic E-state index is -0.735. The average molecular weight is 289 g/mol. The summed E-state index contributed by atoms with van der Waals surface area (Å²) in [7, 11) is 1.71. The van der Waals surface area contributed by atoms with Crippen molar-refractivity contribution in [2.24, 2.45) is 12.8 Å². The average Bonchev–Trinajstić information content (AvgIpc) is 2.71. The molecule has 0 fully saturated rings. The van der Waals surface area contributed by atoms with E-state index in [1.165, 1.54) is 4.68 Å². The first-order chi connectivity index (χ1) is 9.90. The summed E-state index contributed by atoms with van der Waals surface area (Å²) < 4.78 is 1.53. The van der Waals surface area contributed by atoms with Crippen LogP contribution in [0.25, 0.3) is 0 Å². The highest BCUT2D eigenvalue weighted by Gasteiger charge is 2.18. The Morgan fingerprint density at radius 1 is 1.43 bits per heavy atom. The van der Waals surface area contributed by atoms with Crippen LogP contribution in [0.5, 0.6) is 0 Å². The molecule has 1 aromatic heterocycles. The van der Waals surface area contributed by atoms with Gasteiger partial charge in [0, 0.05) is 19.3 Å². The molecule has 1 amide bonds. The number of nitrogens with two attached hydrogens (primary N) is 2. The van der Waals surface area contributed by atoms with Crippen molar-refractivity contribution in [1.82, 2.24) is 9.78 Å². The lowest BCUT2D eigenvalue weighted by atomic mass is 10.1. The number of benzene rings is 1. The van der Waals surface area contributed by atoms with Gasteiger partial charge in [-0.1, -0.05) is 12.1 Å². The van der Waals surface area contributed by atoms with E-state index in [1.807, 2.05) is 0 Å². The van der Waals surface area contributed by atoms with E-state index in [2.05, 4.69) is 10.4 Å². The first-order valence-electron chi connectivity index (χ1n) is 6.51. The molecule has 1 unspecified atom stereocenters. The highest BCUT2D eigenvalue weighted by Crippen LogP contribution is 2.20. The van der Waals surface area contributed by atoms with Gasteiger partial charge in [0.25, 0.3) is 5.91 Å². The van der Waals surface area contributed by atoms with Gasteiger partial charge >= 0.3 is 0 Å². The first-order valence-corrected chi connectivity index (χ1v) is 6.51. The molecular weight excluding hydrogens is 270 g/mol. The minimum Gasteiger partial charge on any atom is -0.399 e. The lowest BCUT2D eigenvalue weighted by Gasteiger charge is -2.14. The van der Waals surface area contributed by atoms with Crippen LogP contribution in [-0.2, 0) is 7.05 Å². The topological polar surface area (TPSA) is 119 Å². The number of carbonyl (C=O) groups excluding carboxylic acids is 1. The first kappa shape index (κ1) is 14.9. The Bertz CT molecular complexity index is 648. The molecule has 1 aromatic carbocycles. The van der Waals surface area contributed by atoms with Gasteiger partial charge in [-0.15, -0.1) is 0 Å². The van der Waals surface area contributed by atoms with Crippen LogP contribution in [0, 0.1) is 6.92 Å². The molecule has 0 bridgehead atoms. The predicted octanol–water partition coefficient (Wildman–Crippen LogP) is 0.555. The molecule has 2 aromatic rings. The van der Waals surface area contributed by atoms with Crippen molar-refractivity contribution in [2.45, 2.75) is 13.0 Å². The van der Waals surface area contributed by atoms with E-state index in [0.717, 1.165) is 5.56 Å². The number of aryl methyl sites for hydroxylation is 2. The van der Waals surface area contributed by atoms with Crippen molar-refractivity contribution in [2.75, 3.05) is 17.6 Å². The third-order valence-electron chi connectivity index (χ3n) is 3.25. The van der Waals surface area contributed by atoms with E-state index in [-0.39, 0.29) is 6.54 Å². The van der Waals surface area contributed by atoms with E-state index in [1.54, 1.807) is 38.2 Å². The zero-order valence-electron chi connectivity index (χ0n) is 12.0. The molecule has 112 valence electrons. The number of aliphatic hydroxyl groups is 1. The molecule has 0 aliphatic carbocycles. The SMILES string of the molecule is Cc1nn(C)c(NCC(O)c2ccc(N)cc2)c1C(N)=O. The number of nitrogens with zero attached hydrogens (tertiary/aromatic N) is 2. The number of nitrogen functional groups attached to an aromatic ring is 1. The smallest absolute Gasteiger partial charge is 0.254 e. The minimum absolute atomic E-state index is 0.225. The quantitative estimate of drug-likeness (QED) is 0.599. The molecule has 0 aliphatic heterocycles. The summed E-state index contributed by atoms with van der Waals surface area (Å²) >= 11 is 0. The van der Waals surface area contributed by atoms with Crippen molar-refractivity contribution >= 4 is 17.4 Å². The molecule has 0 aliphatic rings. The van der Waals surface area contributed by atoms with Crippen molar-refractivity contribution in [1.29, 1.82) is 0 Å². The number of rotatable bonds is 5. The largest absolute Gasteiger partial charge is 0.399 e. The lowest BCUT2D eigenvalue weighted by molar-refractivity contribution is 0.1000. The van der Waals surface area contributed by atoms with Crippen molar-refractivity contribution in [3.63, 3.8) is 0 Å². The third-order valence-corrected chi connectivity index (χ3v) is 3.25. The van der Waals surface area contributed by atoms with Gasteiger partial charge in [-0.05, 0) is 24.6 Å². The molecule has 1 atom stereocenters. The third kappa shape index (κ3) is 3.14.